The van der Waals surface area contributed by atoms with E-state index >= 15 is 0 Å². The van der Waals surface area contributed by atoms with Crippen LogP contribution in [0.1, 0.15) is 37.1 Å². The number of rotatable bonds is 9. The maximum Gasteiger partial charge on any atom is 0.233 e. The van der Waals surface area contributed by atoms with Crippen molar-refractivity contribution in [3.63, 3.8) is 0 Å². The normalized spacial score (nSPS) is 11.3. The van der Waals surface area contributed by atoms with Gasteiger partial charge in [-0.05, 0) is 48.5 Å². The Bertz CT molecular complexity index is 1200. The molecular weight excluding hydrogens is 460 g/mol. The average Bonchev–Trinajstić information content (AvgIpc) is 3.55. The molecule has 1 amide bonds. The Morgan fingerprint density at radius 3 is 2.61 bits per heavy atom. The van der Waals surface area contributed by atoms with Crippen LogP contribution in [0.15, 0.2) is 68.8 Å². The van der Waals surface area contributed by atoms with E-state index in [9.17, 15) is 4.79 Å². The molecule has 7 nitrogen and oxygen atoms in total. The number of hydrogen-bond donors (Lipinski definition) is 0. The maximum atomic E-state index is 12.8. The summed E-state index contributed by atoms with van der Waals surface area (Å²) in [6, 6.07) is 15.0. The fraction of sp³-hybridized carbons (Fsp3) is 0.292. The van der Waals surface area contributed by atoms with Crippen molar-refractivity contribution in [2.24, 2.45) is 0 Å². The summed E-state index contributed by atoms with van der Waals surface area (Å²) in [5.41, 5.74) is 0.937. The van der Waals surface area contributed by atoms with Crippen molar-refractivity contribution in [1.82, 2.24) is 19.7 Å². The Morgan fingerprint density at radius 2 is 1.91 bits per heavy atom. The number of carbonyl (C=O) groups is 1. The third kappa shape index (κ3) is 5.69. The lowest BCUT2D eigenvalue weighted by atomic mass is 10.2. The summed E-state index contributed by atoms with van der Waals surface area (Å²) in [6.07, 6.45) is 1.65. The van der Waals surface area contributed by atoms with Gasteiger partial charge in [-0.1, -0.05) is 37.2 Å². The standard InChI is InChI=1S/C24H25ClN4O3S/c1-16(2)23-26-27-24(29(23)14-19-5-4-12-31-19)33-15-22(30)28(3)13-20-10-11-21(32-20)17-6-8-18(25)9-7-17/h4-12,16H,13-15H2,1-3H3. The summed E-state index contributed by atoms with van der Waals surface area (Å²) < 4.78 is 13.4. The number of furan rings is 2. The molecule has 172 valence electrons. The molecule has 0 unspecified atom stereocenters. The van der Waals surface area contributed by atoms with Crippen LogP contribution in [-0.2, 0) is 17.9 Å². The zero-order valence-electron chi connectivity index (χ0n) is 18.7. The van der Waals surface area contributed by atoms with E-state index in [0.29, 0.717) is 29.0 Å². The molecule has 0 spiro atoms. The number of carbonyl (C=O) groups excluding carboxylic acids is 1. The van der Waals surface area contributed by atoms with Gasteiger partial charge in [0.25, 0.3) is 0 Å². The smallest absolute Gasteiger partial charge is 0.233 e. The van der Waals surface area contributed by atoms with Gasteiger partial charge in [0, 0.05) is 23.6 Å². The molecule has 1 aromatic carbocycles. The van der Waals surface area contributed by atoms with Crippen LogP contribution in [0, 0.1) is 0 Å². The minimum Gasteiger partial charge on any atom is -0.467 e. The zero-order valence-corrected chi connectivity index (χ0v) is 20.3. The number of thioether (sulfide) groups is 1. The molecule has 33 heavy (non-hydrogen) atoms. The molecule has 0 aliphatic rings. The minimum atomic E-state index is -0.0249. The summed E-state index contributed by atoms with van der Waals surface area (Å²) in [5, 5.41) is 10.0. The molecule has 4 aromatic rings. The van der Waals surface area contributed by atoms with Crippen molar-refractivity contribution in [3.05, 3.63) is 77.2 Å². The van der Waals surface area contributed by atoms with Crippen LogP contribution in [-0.4, -0.2) is 38.4 Å². The van der Waals surface area contributed by atoms with E-state index in [4.69, 9.17) is 20.4 Å². The predicted octanol–water partition coefficient (Wildman–Crippen LogP) is 5.71. The van der Waals surface area contributed by atoms with Gasteiger partial charge >= 0.3 is 0 Å². The van der Waals surface area contributed by atoms with Gasteiger partial charge in [-0.3, -0.25) is 9.36 Å². The first kappa shape index (κ1) is 23.2. The van der Waals surface area contributed by atoms with E-state index < -0.39 is 0 Å². The number of halogens is 1. The summed E-state index contributed by atoms with van der Waals surface area (Å²) in [7, 11) is 1.76. The Kier molecular flexibility index (Phi) is 7.25. The number of hydrogen-bond acceptors (Lipinski definition) is 6. The second-order valence-electron chi connectivity index (χ2n) is 7.97. The highest BCUT2D eigenvalue weighted by atomic mass is 35.5. The molecule has 0 bridgehead atoms. The molecule has 0 aliphatic carbocycles. The maximum absolute atomic E-state index is 12.8. The lowest BCUT2D eigenvalue weighted by molar-refractivity contribution is -0.127. The van der Waals surface area contributed by atoms with Crippen LogP contribution < -0.4 is 0 Å². The van der Waals surface area contributed by atoms with Gasteiger partial charge in [0.05, 0.1) is 25.1 Å². The summed E-state index contributed by atoms with van der Waals surface area (Å²) in [4.78, 5) is 14.4. The van der Waals surface area contributed by atoms with Crippen molar-refractivity contribution in [2.45, 2.75) is 38.0 Å². The minimum absolute atomic E-state index is 0.0249. The Morgan fingerprint density at radius 1 is 1.12 bits per heavy atom. The van der Waals surface area contributed by atoms with Crippen molar-refractivity contribution in [1.29, 1.82) is 0 Å². The summed E-state index contributed by atoms with van der Waals surface area (Å²) in [5.74, 6) is 3.55. The predicted molar refractivity (Wildman–Crippen MR) is 128 cm³/mol. The van der Waals surface area contributed by atoms with Crippen molar-refractivity contribution in [3.8, 4) is 11.3 Å². The van der Waals surface area contributed by atoms with E-state index in [0.717, 1.165) is 22.9 Å². The molecule has 0 aliphatic heterocycles. The molecule has 0 saturated carbocycles. The second kappa shape index (κ2) is 10.3. The van der Waals surface area contributed by atoms with E-state index in [1.807, 2.05) is 53.1 Å². The molecule has 0 N–H and O–H groups in total. The van der Waals surface area contributed by atoms with Gasteiger partial charge < -0.3 is 13.7 Å². The molecule has 3 aromatic heterocycles. The number of amides is 1. The van der Waals surface area contributed by atoms with E-state index in [2.05, 4.69) is 24.0 Å². The molecule has 9 heteroatoms. The highest BCUT2D eigenvalue weighted by molar-refractivity contribution is 7.99. The largest absolute Gasteiger partial charge is 0.467 e. The van der Waals surface area contributed by atoms with Gasteiger partial charge in [-0.2, -0.15) is 0 Å². The lowest BCUT2D eigenvalue weighted by Gasteiger charge is -2.16. The molecule has 0 saturated heterocycles. The van der Waals surface area contributed by atoms with Gasteiger partial charge in [0.15, 0.2) is 5.16 Å². The molecule has 0 radical (unpaired) electrons. The van der Waals surface area contributed by atoms with Crippen LogP contribution in [0.25, 0.3) is 11.3 Å². The first-order valence-corrected chi connectivity index (χ1v) is 11.9. The van der Waals surface area contributed by atoms with Crippen LogP contribution in [0.2, 0.25) is 5.02 Å². The zero-order chi connectivity index (χ0) is 23.4. The van der Waals surface area contributed by atoms with Gasteiger partial charge in [0.1, 0.15) is 23.1 Å². The summed E-state index contributed by atoms with van der Waals surface area (Å²) >= 11 is 7.32. The van der Waals surface area contributed by atoms with E-state index in [-0.39, 0.29) is 17.6 Å². The van der Waals surface area contributed by atoms with Gasteiger partial charge in [0.2, 0.25) is 5.91 Å². The van der Waals surface area contributed by atoms with Gasteiger partial charge in [-0.25, -0.2) is 0 Å². The Hall–Kier alpha value is -2.97. The van der Waals surface area contributed by atoms with Crippen LogP contribution in [0.5, 0.6) is 0 Å². The van der Waals surface area contributed by atoms with E-state index in [1.54, 1.807) is 18.2 Å². The first-order valence-electron chi connectivity index (χ1n) is 10.6. The van der Waals surface area contributed by atoms with Crippen molar-refractivity contribution < 1.29 is 13.6 Å². The van der Waals surface area contributed by atoms with Crippen LogP contribution in [0.4, 0.5) is 0 Å². The SMILES string of the molecule is CC(C)c1nnc(SCC(=O)N(C)Cc2ccc(-c3ccc(Cl)cc3)o2)n1Cc1ccco1. The average molecular weight is 485 g/mol. The molecule has 3 heterocycles. The number of benzene rings is 1. The third-order valence-electron chi connectivity index (χ3n) is 5.09. The van der Waals surface area contributed by atoms with Crippen LogP contribution in [0.3, 0.4) is 0 Å². The van der Waals surface area contributed by atoms with E-state index in [1.165, 1.54) is 11.8 Å². The topological polar surface area (TPSA) is 77.3 Å². The molecule has 4 rings (SSSR count). The highest BCUT2D eigenvalue weighted by Gasteiger charge is 2.19. The van der Waals surface area contributed by atoms with Gasteiger partial charge in [-0.15, -0.1) is 10.2 Å². The molecule has 0 atom stereocenters. The lowest BCUT2D eigenvalue weighted by Crippen LogP contribution is -2.27. The first-order chi connectivity index (χ1) is 15.9. The monoisotopic (exact) mass is 484 g/mol. The fourth-order valence-corrected chi connectivity index (χ4v) is 4.34. The Balaban J connectivity index is 1.37. The summed E-state index contributed by atoms with van der Waals surface area (Å²) in [6.45, 7) is 5.04. The molecule has 0 fully saturated rings. The number of nitrogens with zero attached hydrogens (tertiary/aromatic N) is 4. The molecular formula is C24H25ClN4O3S. The van der Waals surface area contributed by atoms with Crippen LogP contribution >= 0.6 is 23.4 Å². The second-order valence-corrected chi connectivity index (χ2v) is 9.35. The van der Waals surface area contributed by atoms with Crippen molar-refractivity contribution >= 4 is 29.3 Å². The number of aromatic nitrogens is 3. The highest BCUT2D eigenvalue weighted by Crippen LogP contribution is 2.26. The van der Waals surface area contributed by atoms with Crippen molar-refractivity contribution in [2.75, 3.05) is 12.8 Å². The third-order valence-corrected chi connectivity index (χ3v) is 6.29. The quantitative estimate of drug-likeness (QED) is 0.283. The Labute approximate surface area is 201 Å². The fourth-order valence-electron chi connectivity index (χ4n) is 3.33.